The number of phenols is 1. The third-order valence-electron chi connectivity index (χ3n) is 5.43. The van der Waals surface area contributed by atoms with Gasteiger partial charge in [0.15, 0.2) is 0 Å². The first-order chi connectivity index (χ1) is 11.4. The average molecular weight is 343 g/mol. The molecule has 0 fully saturated rings. The van der Waals surface area contributed by atoms with Crippen molar-refractivity contribution in [3.8, 4) is 11.5 Å². The molecule has 130 valence electrons. The zero-order valence-electron chi connectivity index (χ0n) is 15.6. The molecule has 2 rings (SSSR count). The predicted molar refractivity (Wildman–Crippen MR) is 105 cm³/mol. The Kier molecular flexibility index (Phi) is 5.76. The van der Waals surface area contributed by atoms with Crippen LogP contribution in [0.4, 0.5) is 0 Å². The molecule has 0 unspecified atom stereocenters. The Morgan fingerprint density at radius 1 is 0.792 bits per heavy atom. The first-order valence-corrected chi connectivity index (χ1v) is 11.5. The first kappa shape index (κ1) is 18.6. The van der Waals surface area contributed by atoms with Crippen LogP contribution in [0.25, 0.3) is 0 Å². The molecule has 0 heterocycles. The van der Waals surface area contributed by atoms with Gasteiger partial charge in [0.1, 0.15) is 11.5 Å². The van der Waals surface area contributed by atoms with Gasteiger partial charge < -0.3 is 9.53 Å². The highest BCUT2D eigenvalue weighted by atomic mass is 28.4. The van der Waals surface area contributed by atoms with E-state index < -0.39 is 8.32 Å². The van der Waals surface area contributed by atoms with Crippen LogP contribution in [0.1, 0.15) is 45.7 Å². The van der Waals surface area contributed by atoms with Crippen LogP contribution >= 0.6 is 0 Å². The minimum atomic E-state index is -1.62. The minimum absolute atomic E-state index is 0.110. The van der Waals surface area contributed by atoms with Crippen molar-refractivity contribution in [1.29, 1.82) is 0 Å². The summed E-state index contributed by atoms with van der Waals surface area (Å²) in [5.41, 5.74) is 2.33. The van der Waals surface area contributed by atoms with Gasteiger partial charge in [0.05, 0.1) is 0 Å². The van der Waals surface area contributed by atoms with Gasteiger partial charge in [-0.15, -0.1) is 0 Å². The van der Waals surface area contributed by atoms with Crippen molar-refractivity contribution in [3.05, 3.63) is 59.7 Å². The van der Waals surface area contributed by atoms with Crippen molar-refractivity contribution in [2.75, 3.05) is 0 Å². The summed E-state index contributed by atoms with van der Waals surface area (Å²) in [4.78, 5) is 0. The van der Waals surface area contributed by atoms with E-state index in [9.17, 15) is 5.11 Å². The summed E-state index contributed by atoms with van der Waals surface area (Å²) >= 11 is 0. The maximum Gasteiger partial charge on any atom is 0.250 e. The highest BCUT2D eigenvalue weighted by Gasteiger charge is 2.31. The molecule has 3 heteroatoms. The summed E-state index contributed by atoms with van der Waals surface area (Å²) in [6.07, 6.45) is 0. The predicted octanol–water partition coefficient (Wildman–Crippen LogP) is 6.10. The second-order valence-electron chi connectivity index (χ2n) is 7.04. The molecule has 0 aliphatic heterocycles. The van der Waals surface area contributed by atoms with Gasteiger partial charge in [-0.3, -0.25) is 0 Å². The van der Waals surface area contributed by atoms with Crippen molar-refractivity contribution < 1.29 is 9.53 Å². The molecule has 0 amide bonds. The van der Waals surface area contributed by atoms with E-state index in [4.69, 9.17) is 4.43 Å². The number of rotatable bonds is 7. The molecular weight excluding hydrogens is 312 g/mol. The number of hydrogen-bond donors (Lipinski definition) is 1. The van der Waals surface area contributed by atoms with Gasteiger partial charge >= 0.3 is 0 Å². The molecule has 0 saturated carbocycles. The summed E-state index contributed by atoms with van der Waals surface area (Å²) in [6.45, 7) is 11.2. The fraction of sp³-hybridized carbons (Fsp3) is 0.429. The Labute approximate surface area is 147 Å². The standard InChI is InChI=1S/C21H30O2Si/c1-6-24(7-2,8-3)23-20-15-11-18(12-16-20)21(4,5)17-9-13-19(22)14-10-17/h9-16,22H,6-8H2,1-5H3. The van der Waals surface area contributed by atoms with E-state index in [-0.39, 0.29) is 5.41 Å². The van der Waals surface area contributed by atoms with E-state index in [0.717, 1.165) is 23.9 Å². The topological polar surface area (TPSA) is 29.5 Å². The van der Waals surface area contributed by atoms with Crippen LogP contribution in [0.15, 0.2) is 48.5 Å². The third kappa shape index (κ3) is 3.84. The molecule has 2 aromatic carbocycles. The van der Waals surface area contributed by atoms with Gasteiger partial charge in [-0.05, 0) is 53.5 Å². The fourth-order valence-electron chi connectivity index (χ4n) is 3.20. The van der Waals surface area contributed by atoms with Crippen LogP contribution < -0.4 is 4.43 Å². The van der Waals surface area contributed by atoms with Gasteiger partial charge in [-0.25, -0.2) is 0 Å². The second-order valence-corrected chi connectivity index (χ2v) is 11.7. The summed E-state index contributed by atoms with van der Waals surface area (Å²) in [5, 5.41) is 9.49. The van der Waals surface area contributed by atoms with E-state index in [2.05, 4.69) is 58.9 Å². The summed E-state index contributed by atoms with van der Waals surface area (Å²) in [5.74, 6) is 1.30. The summed E-state index contributed by atoms with van der Waals surface area (Å²) in [7, 11) is -1.62. The zero-order valence-corrected chi connectivity index (χ0v) is 16.6. The van der Waals surface area contributed by atoms with Crippen molar-refractivity contribution in [1.82, 2.24) is 0 Å². The van der Waals surface area contributed by atoms with Gasteiger partial charge in [-0.1, -0.05) is 58.9 Å². The lowest BCUT2D eigenvalue weighted by atomic mass is 9.78. The highest BCUT2D eigenvalue weighted by molar-refractivity contribution is 6.74. The van der Waals surface area contributed by atoms with Crippen LogP contribution in [0.5, 0.6) is 11.5 Å². The largest absolute Gasteiger partial charge is 0.544 e. The quantitative estimate of drug-likeness (QED) is 0.616. The number of phenolic OH excluding ortho intramolecular Hbond substituents is 1. The molecule has 2 nitrogen and oxygen atoms in total. The SMILES string of the molecule is CC[Si](CC)(CC)Oc1ccc(C(C)(C)c2ccc(O)cc2)cc1. The van der Waals surface area contributed by atoms with Gasteiger partial charge in [-0.2, -0.15) is 0 Å². The van der Waals surface area contributed by atoms with Crippen LogP contribution in [0.3, 0.4) is 0 Å². The lowest BCUT2D eigenvalue weighted by Gasteiger charge is -2.30. The molecule has 1 N–H and O–H groups in total. The van der Waals surface area contributed by atoms with E-state index in [1.165, 1.54) is 11.1 Å². The fourth-order valence-corrected chi connectivity index (χ4v) is 5.77. The smallest absolute Gasteiger partial charge is 0.250 e. The maximum atomic E-state index is 9.49. The number of benzene rings is 2. The van der Waals surface area contributed by atoms with Crippen LogP contribution in [-0.4, -0.2) is 13.4 Å². The molecule has 0 aliphatic carbocycles. The zero-order chi connectivity index (χ0) is 17.8. The third-order valence-corrected chi connectivity index (χ3v) is 9.97. The van der Waals surface area contributed by atoms with Crippen molar-refractivity contribution in [3.63, 3.8) is 0 Å². The number of hydrogen-bond acceptors (Lipinski definition) is 2. The Morgan fingerprint density at radius 2 is 1.21 bits per heavy atom. The van der Waals surface area contributed by atoms with Gasteiger partial charge in [0.2, 0.25) is 8.32 Å². The Balaban J connectivity index is 2.23. The second kappa shape index (κ2) is 7.43. The lowest BCUT2D eigenvalue weighted by Crippen LogP contribution is -2.39. The average Bonchev–Trinajstić information content (AvgIpc) is 2.60. The molecule has 24 heavy (non-hydrogen) atoms. The normalized spacial score (nSPS) is 12.2. The van der Waals surface area contributed by atoms with E-state index >= 15 is 0 Å². The number of aromatic hydroxyl groups is 1. The van der Waals surface area contributed by atoms with E-state index in [0.29, 0.717) is 5.75 Å². The molecule has 2 aromatic rings. The Bertz CT molecular complexity index is 632. The molecule has 0 bridgehead atoms. The van der Waals surface area contributed by atoms with Crippen LogP contribution in [0, 0.1) is 0 Å². The minimum Gasteiger partial charge on any atom is -0.544 e. The molecule has 0 saturated heterocycles. The van der Waals surface area contributed by atoms with E-state index in [1.807, 2.05) is 12.1 Å². The Morgan fingerprint density at radius 3 is 1.62 bits per heavy atom. The summed E-state index contributed by atoms with van der Waals surface area (Å²) in [6, 6.07) is 19.5. The summed E-state index contributed by atoms with van der Waals surface area (Å²) < 4.78 is 6.44. The molecule has 0 aliphatic rings. The monoisotopic (exact) mass is 342 g/mol. The first-order valence-electron chi connectivity index (χ1n) is 8.96. The van der Waals surface area contributed by atoms with Gasteiger partial charge in [0, 0.05) is 5.41 Å². The lowest BCUT2D eigenvalue weighted by molar-refractivity contribution is 0.474. The van der Waals surface area contributed by atoms with E-state index in [1.54, 1.807) is 12.1 Å². The van der Waals surface area contributed by atoms with Crippen molar-refractivity contribution >= 4 is 8.32 Å². The van der Waals surface area contributed by atoms with Crippen molar-refractivity contribution in [2.45, 2.75) is 58.2 Å². The molecule has 0 aromatic heterocycles. The van der Waals surface area contributed by atoms with Crippen LogP contribution in [-0.2, 0) is 5.41 Å². The molecular formula is C21H30O2Si. The maximum absolute atomic E-state index is 9.49. The van der Waals surface area contributed by atoms with Crippen LogP contribution in [0.2, 0.25) is 18.1 Å². The van der Waals surface area contributed by atoms with Gasteiger partial charge in [0.25, 0.3) is 0 Å². The molecule has 0 radical (unpaired) electrons. The molecule has 0 atom stereocenters. The Hall–Kier alpha value is -1.74. The molecule has 0 spiro atoms. The highest BCUT2D eigenvalue weighted by Crippen LogP contribution is 2.34. The van der Waals surface area contributed by atoms with Crippen molar-refractivity contribution in [2.24, 2.45) is 0 Å².